The molecule has 0 radical (unpaired) electrons. The maximum Gasteiger partial charge on any atom is 0.215 e. The summed E-state index contributed by atoms with van der Waals surface area (Å²) in [6, 6.07) is 0. The Labute approximate surface area is 86.7 Å². The zero-order chi connectivity index (χ0) is 10.8. The van der Waals surface area contributed by atoms with Gasteiger partial charge >= 0.3 is 0 Å². The van der Waals surface area contributed by atoms with Gasteiger partial charge in [-0.25, -0.2) is 8.42 Å². The van der Waals surface area contributed by atoms with Crippen LogP contribution in [-0.4, -0.2) is 43.6 Å². The van der Waals surface area contributed by atoms with Gasteiger partial charge in [-0.05, 0) is 20.3 Å². The molecule has 0 unspecified atom stereocenters. The van der Waals surface area contributed by atoms with Gasteiger partial charge in [0.05, 0.1) is 5.75 Å². The van der Waals surface area contributed by atoms with E-state index in [0.29, 0.717) is 13.1 Å². The Bertz CT molecular complexity index is 285. The Kier molecular flexibility index (Phi) is 3.55. The SMILES string of the molecule is CCCN1C(C)(C)CNCCS1(=O)=O. The molecule has 84 valence electrons. The van der Waals surface area contributed by atoms with Crippen LogP contribution in [0.3, 0.4) is 0 Å². The van der Waals surface area contributed by atoms with Crippen molar-refractivity contribution in [2.45, 2.75) is 32.7 Å². The summed E-state index contributed by atoms with van der Waals surface area (Å²) in [6.45, 7) is 7.86. The van der Waals surface area contributed by atoms with Crippen LogP contribution in [0.1, 0.15) is 27.2 Å². The van der Waals surface area contributed by atoms with E-state index in [0.717, 1.165) is 13.0 Å². The van der Waals surface area contributed by atoms with Crippen molar-refractivity contribution >= 4 is 10.0 Å². The van der Waals surface area contributed by atoms with Crippen molar-refractivity contribution in [2.75, 3.05) is 25.4 Å². The van der Waals surface area contributed by atoms with Crippen LogP contribution in [0.15, 0.2) is 0 Å². The minimum absolute atomic E-state index is 0.219. The van der Waals surface area contributed by atoms with E-state index in [4.69, 9.17) is 0 Å². The molecule has 0 saturated carbocycles. The van der Waals surface area contributed by atoms with Crippen LogP contribution in [0.4, 0.5) is 0 Å². The highest BCUT2D eigenvalue weighted by Gasteiger charge is 2.36. The number of rotatable bonds is 2. The molecule has 1 N–H and O–H groups in total. The topological polar surface area (TPSA) is 49.4 Å². The third-order valence-electron chi connectivity index (χ3n) is 2.53. The van der Waals surface area contributed by atoms with Crippen LogP contribution >= 0.6 is 0 Å². The van der Waals surface area contributed by atoms with E-state index in [-0.39, 0.29) is 11.3 Å². The van der Waals surface area contributed by atoms with Gasteiger partial charge in [-0.15, -0.1) is 0 Å². The molecule has 14 heavy (non-hydrogen) atoms. The van der Waals surface area contributed by atoms with Gasteiger partial charge in [-0.2, -0.15) is 4.31 Å². The monoisotopic (exact) mass is 220 g/mol. The van der Waals surface area contributed by atoms with E-state index < -0.39 is 10.0 Å². The summed E-state index contributed by atoms with van der Waals surface area (Å²) in [5.41, 5.74) is -0.300. The van der Waals surface area contributed by atoms with Crippen molar-refractivity contribution in [1.29, 1.82) is 0 Å². The molecule has 1 aliphatic heterocycles. The Morgan fingerprint density at radius 3 is 2.64 bits per heavy atom. The van der Waals surface area contributed by atoms with Crippen LogP contribution in [-0.2, 0) is 10.0 Å². The Morgan fingerprint density at radius 2 is 2.07 bits per heavy atom. The fraction of sp³-hybridized carbons (Fsp3) is 1.00. The fourth-order valence-electron chi connectivity index (χ4n) is 1.82. The molecule has 0 amide bonds. The highest BCUT2D eigenvalue weighted by atomic mass is 32.2. The van der Waals surface area contributed by atoms with Crippen molar-refractivity contribution in [1.82, 2.24) is 9.62 Å². The summed E-state index contributed by atoms with van der Waals surface area (Å²) in [5, 5.41) is 3.16. The Morgan fingerprint density at radius 1 is 1.43 bits per heavy atom. The van der Waals surface area contributed by atoms with E-state index in [9.17, 15) is 8.42 Å². The molecule has 0 aliphatic carbocycles. The first kappa shape index (κ1) is 11.9. The predicted octanol–water partition coefficient (Wildman–Crippen LogP) is 0.410. The molecule has 0 atom stereocenters. The largest absolute Gasteiger partial charge is 0.314 e. The summed E-state index contributed by atoms with van der Waals surface area (Å²) < 4.78 is 25.4. The van der Waals surface area contributed by atoms with E-state index in [2.05, 4.69) is 5.32 Å². The molecule has 0 aromatic carbocycles. The minimum atomic E-state index is -3.06. The first-order valence-corrected chi connectivity index (χ1v) is 6.72. The van der Waals surface area contributed by atoms with Gasteiger partial charge in [-0.1, -0.05) is 6.92 Å². The van der Waals surface area contributed by atoms with Gasteiger partial charge in [0.15, 0.2) is 0 Å². The third-order valence-corrected chi connectivity index (χ3v) is 4.60. The second-order valence-corrected chi connectivity index (χ2v) is 6.39. The number of nitrogens with one attached hydrogen (secondary N) is 1. The quantitative estimate of drug-likeness (QED) is 0.733. The van der Waals surface area contributed by atoms with E-state index in [1.165, 1.54) is 0 Å². The van der Waals surface area contributed by atoms with Gasteiger partial charge in [0, 0.05) is 25.2 Å². The van der Waals surface area contributed by atoms with Gasteiger partial charge in [0.1, 0.15) is 0 Å². The zero-order valence-electron chi connectivity index (χ0n) is 9.21. The molecule has 1 aliphatic rings. The minimum Gasteiger partial charge on any atom is -0.314 e. The van der Waals surface area contributed by atoms with E-state index in [1.54, 1.807) is 4.31 Å². The van der Waals surface area contributed by atoms with Gasteiger partial charge in [-0.3, -0.25) is 0 Å². The normalized spacial score (nSPS) is 27.1. The standard InChI is InChI=1S/C9H20N2O2S/c1-4-6-11-9(2,3)8-10-5-7-14(11,12)13/h10H,4-8H2,1-3H3. The van der Waals surface area contributed by atoms with Gasteiger partial charge in [0.2, 0.25) is 10.0 Å². The molecular formula is C9H20N2O2S. The average Bonchev–Trinajstić information content (AvgIpc) is 2.15. The molecule has 1 rings (SSSR count). The third kappa shape index (κ3) is 2.46. The number of sulfonamides is 1. The summed E-state index contributed by atoms with van der Waals surface area (Å²) in [7, 11) is -3.06. The van der Waals surface area contributed by atoms with Gasteiger partial charge < -0.3 is 5.32 Å². The van der Waals surface area contributed by atoms with Crippen molar-refractivity contribution in [3.8, 4) is 0 Å². The molecular weight excluding hydrogens is 200 g/mol. The van der Waals surface area contributed by atoms with Crippen molar-refractivity contribution in [2.24, 2.45) is 0 Å². The summed E-state index contributed by atoms with van der Waals surface area (Å²) >= 11 is 0. The van der Waals surface area contributed by atoms with Crippen LogP contribution < -0.4 is 5.32 Å². The zero-order valence-corrected chi connectivity index (χ0v) is 10.0. The average molecular weight is 220 g/mol. The molecule has 1 heterocycles. The van der Waals surface area contributed by atoms with Crippen LogP contribution in [0.25, 0.3) is 0 Å². The highest BCUT2D eigenvalue weighted by molar-refractivity contribution is 7.89. The molecule has 0 spiro atoms. The van der Waals surface area contributed by atoms with Crippen LogP contribution in [0.5, 0.6) is 0 Å². The predicted molar refractivity (Wildman–Crippen MR) is 57.7 cm³/mol. The molecule has 4 nitrogen and oxygen atoms in total. The second kappa shape index (κ2) is 4.16. The summed E-state index contributed by atoms with van der Waals surface area (Å²) in [6.07, 6.45) is 0.864. The lowest BCUT2D eigenvalue weighted by atomic mass is 10.1. The number of nitrogens with zero attached hydrogens (tertiary/aromatic N) is 1. The Balaban J connectivity index is 2.97. The maximum absolute atomic E-state index is 11.9. The maximum atomic E-state index is 11.9. The molecule has 1 saturated heterocycles. The highest BCUT2D eigenvalue weighted by Crippen LogP contribution is 2.20. The fourth-order valence-corrected chi connectivity index (χ4v) is 3.72. The van der Waals surface area contributed by atoms with Crippen LogP contribution in [0, 0.1) is 0 Å². The van der Waals surface area contributed by atoms with Crippen LogP contribution in [0.2, 0.25) is 0 Å². The van der Waals surface area contributed by atoms with Gasteiger partial charge in [0.25, 0.3) is 0 Å². The molecule has 1 fully saturated rings. The first-order chi connectivity index (χ1) is 6.40. The lowest BCUT2D eigenvalue weighted by molar-refractivity contribution is 0.230. The number of hydrogen-bond acceptors (Lipinski definition) is 3. The van der Waals surface area contributed by atoms with E-state index in [1.807, 2.05) is 20.8 Å². The summed E-state index contributed by atoms with van der Waals surface area (Å²) in [5.74, 6) is 0.219. The first-order valence-electron chi connectivity index (χ1n) is 5.11. The number of hydrogen-bond donors (Lipinski definition) is 1. The second-order valence-electron chi connectivity index (χ2n) is 4.38. The lowest BCUT2D eigenvalue weighted by Crippen LogP contribution is -2.51. The summed E-state index contributed by atoms with van der Waals surface area (Å²) in [4.78, 5) is 0. The van der Waals surface area contributed by atoms with E-state index >= 15 is 0 Å². The van der Waals surface area contributed by atoms with Crippen molar-refractivity contribution in [3.63, 3.8) is 0 Å². The van der Waals surface area contributed by atoms with Crippen molar-refractivity contribution < 1.29 is 8.42 Å². The smallest absolute Gasteiger partial charge is 0.215 e. The Hall–Kier alpha value is -0.130. The molecule has 0 aromatic heterocycles. The molecule has 0 aromatic rings. The van der Waals surface area contributed by atoms with Crippen molar-refractivity contribution in [3.05, 3.63) is 0 Å². The lowest BCUT2D eigenvalue weighted by Gasteiger charge is -2.35. The molecule has 5 heteroatoms. The molecule has 0 bridgehead atoms.